The smallest absolute Gasteiger partial charge is 0.147 e. The van der Waals surface area contributed by atoms with E-state index >= 15 is 0 Å². The number of fused-ring (bicyclic) bond motifs is 1. The molecule has 0 radical (unpaired) electrons. The van der Waals surface area contributed by atoms with Crippen molar-refractivity contribution in [3.63, 3.8) is 0 Å². The van der Waals surface area contributed by atoms with Gasteiger partial charge in [0.2, 0.25) is 0 Å². The lowest BCUT2D eigenvalue weighted by Gasteiger charge is -2.25. The lowest BCUT2D eigenvalue weighted by atomic mass is 9.87. The summed E-state index contributed by atoms with van der Waals surface area (Å²) in [5, 5.41) is 5.57. The van der Waals surface area contributed by atoms with E-state index in [-0.39, 0.29) is 0 Å². The number of aromatic nitrogens is 2. The summed E-state index contributed by atoms with van der Waals surface area (Å²) in [6, 6.07) is 2.04. The van der Waals surface area contributed by atoms with Gasteiger partial charge in [-0.1, -0.05) is 40.0 Å². The Hall–Kier alpha value is -1.16. The Morgan fingerprint density at radius 2 is 2.11 bits per heavy atom. The molecule has 0 saturated heterocycles. The van der Waals surface area contributed by atoms with Crippen LogP contribution in [0, 0.1) is 5.41 Å². The van der Waals surface area contributed by atoms with E-state index in [0.717, 1.165) is 22.6 Å². The van der Waals surface area contributed by atoms with Gasteiger partial charge in [0.25, 0.3) is 0 Å². The Kier molecular flexibility index (Phi) is 4.75. The van der Waals surface area contributed by atoms with Crippen LogP contribution in [0.25, 0.3) is 10.2 Å². The highest BCUT2D eigenvalue weighted by Gasteiger charge is 2.18. The van der Waals surface area contributed by atoms with Crippen molar-refractivity contribution in [2.24, 2.45) is 5.41 Å². The monoisotopic (exact) mass is 277 g/mol. The summed E-state index contributed by atoms with van der Waals surface area (Å²) in [5.74, 6) is 0.976. The van der Waals surface area contributed by atoms with Crippen LogP contribution in [0.15, 0.2) is 17.8 Å². The Morgan fingerprint density at radius 3 is 2.89 bits per heavy atom. The molecule has 0 aliphatic rings. The average molecular weight is 277 g/mol. The Balaban J connectivity index is 1.96. The lowest BCUT2D eigenvalue weighted by Crippen LogP contribution is -2.23. The molecule has 0 saturated carbocycles. The molecule has 19 heavy (non-hydrogen) atoms. The minimum Gasteiger partial charge on any atom is -0.368 e. The largest absolute Gasteiger partial charge is 0.368 e. The van der Waals surface area contributed by atoms with Gasteiger partial charge in [-0.2, -0.15) is 0 Å². The molecule has 0 spiro atoms. The van der Waals surface area contributed by atoms with Crippen LogP contribution < -0.4 is 5.32 Å². The summed E-state index contributed by atoms with van der Waals surface area (Å²) in [4.78, 5) is 8.63. The maximum atomic E-state index is 4.37. The van der Waals surface area contributed by atoms with Gasteiger partial charge >= 0.3 is 0 Å². The van der Waals surface area contributed by atoms with Gasteiger partial charge < -0.3 is 5.32 Å². The first-order valence-corrected chi connectivity index (χ1v) is 7.92. The van der Waals surface area contributed by atoms with Gasteiger partial charge in [0, 0.05) is 6.54 Å². The molecule has 0 fully saturated rings. The quantitative estimate of drug-likeness (QED) is 0.745. The fraction of sp³-hybridized carbons (Fsp3) is 0.600. The van der Waals surface area contributed by atoms with Crippen molar-refractivity contribution in [1.82, 2.24) is 9.97 Å². The van der Waals surface area contributed by atoms with E-state index in [9.17, 15) is 0 Å². The maximum absolute atomic E-state index is 4.37. The second-order valence-electron chi connectivity index (χ2n) is 5.83. The minimum absolute atomic E-state index is 0.309. The van der Waals surface area contributed by atoms with Gasteiger partial charge in [-0.15, -0.1) is 11.3 Å². The number of unbranched alkanes of at least 4 members (excludes halogenated alkanes) is 2. The average Bonchev–Trinajstić information content (AvgIpc) is 2.85. The molecule has 3 nitrogen and oxygen atoms in total. The summed E-state index contributed by atoms with van der Waals surface area (Å²) in [7, 11) is 0. The first-order chi connectivity index (χ1) is 9.12. The highest BCUT2D eigenvalue weighted by molar-refractivity contribution is 7.17. The zero-order chi connectivity index (χ0) is 13.7. The molecule has 2 aromatic heterocycles. The maximum Gasteiger partial charge on any atom is 0.147 e. The Morgan fingerprint density at radius 1 is 1.26 bits per heavy atom. The van der Waals surface area contributed by atoms with Gasteiger partial charge in [0.15, 0.2) is 0 Å². The molecule has 4 heteroatoms. The molecular formula is C15H23N3S. The van der Waals surface area contributed by atoms with Crippen molar-refractivity contribution in [3.8, 4) is 0 Å². The minimum atomic E-state index is 0.309. The number of rotatable bonds is 7. The third-order valence-electron chi connectivity index (χ3n) is 3.43. The van der Waals surface area contributed by atoms with Crippen molar-refractivity contribution in [2.45, 2.75) is 46.5 Å². The summed E-state index contributed by atoms with van der Waals surface area (Å²) in [5.41, 5.74) is 1.34. The van der Waals surface area contributed by atoms with Crippen molar-refractivity contribution in [2.75, 3.05) is 11.9 Å². The van der Waals surface area contributed by atoms with Crippen molar-refractivity contribution in [3.05, 3.63) is 17.8 Å². The van der Waals surface area contributed by atoms with E-state index in [2.05, 4.69) is 41.4 Å². The van der Waals surface area contributed by atoms with E-state index in [4.69, 9.17) is 0 Å². The molecule has 0 unspecified atom stereocenters. The summed E-state index contributed by atoms with van der Waals surface area (Å²) in [6.45, 7) is 7.85. The SMILES string of the molecule is CCCCCC(C)(C)CNc1ncnc2ccsc12. The predicted octanol–water partition coefficient (Wildman–Crippen LogP) is 4.71. The van der Waals surface area contributed by atoms with E-state index in [0.29, 0.717) is 5.41 Å². The van der Waals surface area contributed by atoms with Crippen LogP contribution in [0.4, 0.5) is 5.82 Å². The fourth-order valence-corrected chi connectivity index (χ4v) is 2.99. The van der Waals surface area contributed by atoms with Crippen LogP contribution >= 0.6 is 11.3 Å². The lowest BCUT2D eigenvalue weighted by molar-refractivity contribution is 0.342. The van der Waals surface area contributed by atoms with Gasteiger partial charge in [-0.05, 0) is 23.3 Å². The number of hydrogen-bond donors (Lipinski definition) is 1. The highest BCUT2D eigenvalue weighted by atomic mass is 32.1. The van der Waals surface area contributed by atoms with Gasteiger partial charge in [-0.3, -0.25) is 0 Å². The molecule has 0 amide bonds. The number of hydrogen-bond acceptors (Lipinski definition) is 4. The number of anilines is 1. The molecule has 0 aliphatic heterocycles. The first kappa shape index (κ1) is 14.3. The van der Waals surface area contributed by atoms with Crippen LogP contribution in [-0.2, 0) is 0 Å². The number of nitrogens with zero attached hydrogens (tertiary/aromatic N) is 2. The highest BCUT2D eigenvalue weighted by Crippen LogP contribution is 2.28. The topological polar surface area (TPSA) is 37.8 Å². The first-order valence-electron chi connectivity index (χ1n) is 7.04. The second kappa shape index (κ2) is 6.33. The Labute approximate surface area is 119 Å². The molecule has 0 bridgehead atoms. The van der Waals surface area contributed by atoms with Gasteiger partial charge in [0.1, 0.15) is 12.1 Å². The standard InChI is InChI=1S/C15H23N3S/c1-4-5-6-8-15(2,3)10-16-14-13-12(7-9-19-13)17-11-18-14/h7,9,11H,4-6,8,10H2,1-3H3,(H,16,17,18). The van der Waals surface area contributed by atoms with Crippen molar-refractivity contribution in [1.29, 1.82) is 0 Å². The molecule has 2 heterocycles. The van der Waals surface area contributed by atoms with Crippen LogP contribution in [-0.4, -0.2) is 16.5 Å². The Bertz CT molecular complexity index is 519. The van der Waals surface area contributed by atoms with Gasteiger partial charge in [0.05, 0.1) is 10.2 Å². The normalized spacial score (nSPS) is 11.9. The second-order valence-corrected chi connectivity index (χ2v) is 6.75. The van der Waals surface area contributed by atoms with Crippen molar-refractivity contribution >= 4 is 27.4 Å². The third-order valence-corrected chi connectivity index (χ3v) is 4.35. The summed E-state index contributed by atoms with van der Waals surface area (Å²) in [6.07, 6.45) is 6.81. The molecule has 104 valence electrons. The molecule has 1 N–H and O–H groups in total. The number of thiophene rings is 1. The fourth-order valence-electron chi connectivity index (χ4n) is 2.18. The van der Waals surface area contributed by atoms with E-state index in [1.54, 1.807) is 17.7 Å². The molecule has 0 aromatic carbocycles. The predicted molar refractivity (Wildman–Crippen MR) is 83.8 cm³/mol. The third kappa shape index (κ3) is 3.90. The number of nitrogens with one attached hydrogen (secondary N) is 1. The van der Waals surface area contributed by atoms with Crippen LogP contribution in [0.5, 0.6) is 0 Å². The van der Waals surface area contributed by atoms with Crippen LogP contribution in [0.1, 0.15) is 46.5 Å². The van der Waals surface area contributed by atoms with E-state index < -0.39 is 0 Å². The molecule has 0 aliphatic carbocycles. The summed E-state index contributed by atoms with van der Waals surface area (Å²) >= 11 is 1.70. The van der Waals surface area contributed by atoms with Gasteiger partial charge in [-0.25, -0.2) is 9.97 Å². The van der Waals surface area contributed by atoms with E-state index in [1.165, 1.54) is 25.7 Å². The molecule has 2 aromatic rings. The molecule has 2 rings (SSSR count). The van der Waals surface area contributed by atoms with Crippen molar-refractivity contribution < 1.29 is 0 Å². The summed E-state index contributed by atoms with van der Waals surface area (Å²) < 4.78 is 1.16. The molecule has 0 atom stereocenters. The van der Waals surface area contributed by atoms with E-state index in [1.807, 2.05) is 6.07 Å². The van der Waals surface area contributed by atoms with Crippen LogP contribution in [0.2, 0.25) is 0 Å². The van der Waals surface area contributed by atoms with Crippen LogP contribution in [0.3, 0.4) is 0 Å². The zero-order valence-corrected chi connectivity index (χ0v) is 12.9. The zero-order valence-electron chi connectivity index (χ0n) is 12.1. The molecular weight excluding hydrogens is 254 g/mol.